The zero-order valence-corrected chi connectivity index (χ0v) is 11.2. The highest BCUT2D eigenvalue weighted by Gasteiger charge is 2.27. The molecule has 88 valence electrons. The van der Waals surface area contributed by atoms with E-state index in [-0.39, 0.29) is 6.10 Å². The number of aliphatic hydroxyl groups is 1. The average molecular weight is 285 g/mol. The van der Waals surface area contributed by atoms with E-state index in [0.717, 1.165) is 22.2 Å². The number of fused-ring (bicyclic) bond motifs is 1. The summed E-state index contributed by atoms with van der Waals surface area (Å²) in [7, 11) is 0. The summed E-state index contributed by atoms with van der Waals surface area (Å²) in [6, 6.07) is 5.81. The molecular formula is C13H17BrO2. The normalized spacial score (nSPS) is 24.1. The first-order chi connectivity index (χ1) is 7.56. The van der Waals surface area contributed by atoms with Gasteiger partial charge in [-0.1, -0.05) is 29.8 Å². The third kappa shape index (κ3) is 2.58. The summed E-state index contributed by atoms with van der Waals surface area (Å²) in [6.07, 6.45) is 1.43. The molecule has 0 spiro atoms. The van der Waals surface area contributed by atoms with Gasteiger partial charge in [0.05, 0.1) is 6.10 Å². The van der Waals surface area contributed by atoms with Crippen LogP contribution in [-0.4, -0.2) is 11.2 Å². The predicted octanol–water partition coefficient (Wildman–Crippen LogP) is 3.68. The van der Waals surface area contributed by atoms with Gasteiger partial charge in [0.2, 0.25) is 0 Å². The molecule has 0 saturated carbocycles. The Labute approximate surface area is 105 Å². The largest absolute Gasteiger partial charge is 0.490 e. The van der Waals surface area contributed by atoms with E-state index in [1.807, 2.05) is 18.2 Å². The minimum absolute atomic E-state index is 0.142. The van der Waals surface area contributed by atoms with Crippen LogP contribution < -0.4 is 4.74 Å². The van der Waals surface area contributed by atoms with Gasteiger partial charge in [-0.2, -0.15) is 0 Å². The number of halogens is 1. The minimum Gasteiger partial charge on any atom is -0.490 e. The van der Waals surface area contributed by atoms with Crippen molar-refractivity contribution in [3.63, 3.8) is 0 Å². The van der Waals surface area contributed by atoms with E-state index in [2.05, 4.69) is 29.8 Å². The molecule has 0 saturated heterocycles. The van der Waals surface area contributed by atoms with Crippen LogP contribution in [0.25, 0.3) is 0 Å². The molecule has 1 aliphatic heterocycles. The van der Waals surface area contributed by atoms with Crippen molar-refractivity contribution < 1.29 is 9.84 Å². The monoisotopic (exact) mass is 284 g/mol. The number of benzene rings is 1. The molecule has 0 aromatic heterocycles. The standard InChI is InChI=1S/C13H17BrO2/c1-8(2)5-10-7-12(15)11-6-9(14)3-4-13(11)16-10/h3-4,6,8,10,12,15H,5,7H2,1-2H3/t10?,12-/m0/s1. The molecule has 1 heterocycles. The SMILES string of the molecule is CC(C)CC1C[C@H](O)c2cc(Br)ccc2O1. The number of hydrogen-bond acceptors (Lipinski definition) is 2. The van der Waals surface area contributed by atoms with Gasteiger partial charge in [0.25, 0.3) is 0 Å². The maximum absolute atomic E-state index is 10.1. The smallest absolute Gasteiger partial charge is 0.125 e. The highest BCUT2D eigenvalue weighted by molar-refractivity contribution is 9.10. The van der Waals surface area contributed by atoms with Gasteiger partial charge in [-0.15, -0.1) is 0 Å². The van der Waals surface area contributed by atoms with Crippen LogP contribution in [0.5, 0.6) is 5.75 Å². The Kier molecular flexibility index (Phi) is 3.55. The van der Waals surface area contributed by atoms with E-state index in [1.54, 1.807) is 0 Å². The summed E-state index contributed by atoms with van der Waals surface area (Å²) >= 11 is 3.41. The van der Waals surface area contributed by atoms with Crippen molar-refractivity contribution in [2.24, 2.45) is 5.92 Å². The van der Waals surface area contributed by atoms with Gasteiger partial charge in [0, 0.05) is 16.5 Å². The number of aliphatic hydroxyl groups excluding tert-OH is 1. The van der Waals surface area contributed by atoms with E-state index in [4.69, 9.17) is 4.74 Å². The van der Waals surface area contributed by atoms with Crippen molar-refractivity contribution >= 4 is 15.9 Å². The molecule has 16 heavy (non-hydrogen) atoms. The van der Waals surface area contributed by atoms with Gasteiger partial charge >= 0.3 is 0 Å². The maximum Gasteiger partial charge on any atom is 0.125 e. The molecule has 0 aliphatic carbocycles. The van der Waals surface area contributed by atoms with Crippen molar-refractivity contribution in [3.05, 3.63) is 28.2 Å². The van der Waals surface area contributed by atoms with Crippen LogP contribution in [0.3, 0.4) is 0 Å². The fourth-order valence-corrected chi connectivity index (χ4v) is 2.54. The van der Waals surface area contributed by atoms with Crippen LogP contribution in [-0.2, 0) is 0 Å². The lowest BCUT2D eigenvalue weighted by molar-refractivity contribution is 0.0556. The molecule has 1 aromatic rings. The lowest BCUT2D eigenvalue weighted by Crippen LogP contribution is -2.27. The lowest BCUT2D eigenvalue weighted by atomic mass is 9.94. The van der Waals surface area contributed by atoms with Crippen LogP contribution >= 0.6 is 15.9 Å². The van der Waals surface area contributed by atoms with E-state index in [0.29, 0.717) is 12.3 Å². The fraction of sp³-hybridized carbons (Fsp3) is 0.538. The first-order valence-electron chi connectivity index (χ1n) is 5.70. The Hall–Kier alpha value is -0.540. The van der Waals surface area contributed by atoms with Crippen molar-refractivity contribution in [3.8, 4) is 5.75 Å². The molecule has 1 N–H and O–H groups in total. The molecular weight excluding hydrogens is 268 g/mol. The summed E-state index contributed by atoms with van der Waals surface area (Å²) in [4.78, 5) is 0. The number of rotatable bonds is 2. The molecule has 0 radical (unpaired) electrons. The third-order valence-corrected chi connectivity index (χ3v) is 3.34. The Morgan fingerprint density at radius 1 is 1.50 bits per heavy atom. The first kappa shape index (κ1) is 11.9. The molecule has 1 aliphatic rings. The van der Waals surface area contributed by atoms with Crippen LogP contribution in [0.15, 0.2) is 22.7 Å². The molecule has 1 unspecified atom stereocenters. The molecule has 2 nitrogen and oxygen atoms in total. The molecule has 0 bridgehead atoms. The highest BCUT2D eigenvalue weighted by atomic mass is 79.9. The van der Waals surface area contributed by atoms with Gasteiger partial charge in [0.1, 0.15) is 11.9 Å². The van der Waals surface area contributed by atoms with Crippen LogP contribution in [0.4, 0.5) is 0 Å². The van der Waals surface area contributed by atoms with Crippen LogP contribution in [0.2, 0.25) is 0 Å². The first-order valence-corrected chi connectivity index (χ1v) is 6.49. The summed E-state index contributed by atoms with van der Waals surface area (Å²) in [5.74, 6) is 1.42. The fourth-order valence-electron chi connectivity index (χ4n) is 2.16. The average Bonchev–Trinajstić information content (AvgIpc) is 2.18. The molecule has 0 amide bonds. The van der Waals surface area contributed by atoms with Crippen LogP contribution in [0, 0.1) is 5.92 Å². The Bertz CT molecular complexity index is 376. The van der Waals surface area contributed by atoms with E-state index in [1.165, 1.54) is 0 Å². The molecule has 2 atom stereocenters. The Balaban J connectivity index is 2.20. The highest BCUT2D eigenvalue weighted by Crippen LogP contribution is 2.37. The summed E-state index contributed by atoms with van der Waals surface area (Å²) < 4.78 is 6.87. The van der Waals surface area contributed by atoms with Gasteiger partial charge < -0.3 is 9.84 Å². The van der Waals surface area contributed by atoms with Gasteiger partial charge in [-0.05, 0) is 30.5 Å². The van der Waals surface area contributed by atoms with Crippen molar-refractivity contribution in [1.82, 2.24) is 0 Å². The number of hydrogen-bond donors (Lipinski definition) is 1. The topological polar surface area (TPSA) is 29.5 Å². The zero-order chi connectivity index (χ0) is 11.7. The van der Waals surface area contributed by atoms with Crippen molar-refractivity contribution in [2.75, 3.05) is 0 Å². The molecule has 3 heteroatoms. The molecule has 0 fully saturated rings. The maximum atomic E-state index is 10.1. The summed E-state index contributed by atoms with van der Waals surface area (Å²) in [5.41, 5.74) is 0.898. The second-order valence-electron chi connectivity index (χ2n) is 4.80. The third-order valence-electron chi connectivity index (χ3n) is 2.84. The van der Waals surface area contributed by atoms with Gasteiger partial charge in [-0.25, -0.2) is 0 Å². The van der Waals surface area contributed by atoms with Crippen molar-refractivity contribution in [1.29, 1.82) is 0 Å². The predicted molar refractivity (Wildman–Crippen MR) is 67.6 cm³/mol. The summed E-state index contributed by atoms with van der Waals surface area (Å²) in [5, 5.41) is 10.1. The Morgan fingerprint density at radius 2 is 2.25 bits per heavy atom. The number of ether oxygens (including phenoxy) is 1. The molecule has 1 aromatic carbocycles. The minimum atomic E-state index is -0.398. The van der Waals surface area contributed by atoms with E-state index < -0.39 is 6.10 Å². The quantitative estimate of drug-likeness (QED) is 0.898. The van der Waals surface area contributed by atoms with Gasteiger partial charge in [0.15, 0.2) is 0 Å². The van der Waals surface area contributed by atoms with E-state index in [9.17, 15) is 5.11 Å². The second-order valence-corrected chi connectivity index (χ2v) is 5.72. The second kappa shape index (κ2) is 4.76. The van der Waals surface area contributed by atoms with Gasteiger partial charge in [-0.3, -0.25) is 0 Å². The van der Waals surface area contributed by atoms with Crippen LogP contribution in [0.1, 0.15) is 38.4 Å². The Morgan fingerprint density at radius 3 is 2.94 bits per heavy atom. The van der Waals surface area contributed by atoms with E-state index >= 15 is 0 Å². The zero-order valence-electron chi connectivity index (χ0n) is 9.61. The summed E-state index contributed by atoms with van der Waals surface area (Å²) in [6.45, 7) is 4.35. The van der Waals surface area contributed by atoms with Crippen molar-refractivity contribution in [2.45, 2.75) is 38.9 Å². The molecule has 2 rings (SSSR count). The lowest BCUT2D eigenvalue weighted by Gasteiger charge is -2.30.